The van der Waals surface area contributed by atoms with E-state index < -0.39 is 0 Å². The summed E-state index contributed by atoms with van der Waals surface area (Å²) in [6.07, 6.45) is 0. The van der Waals surface area contributed by atoms with Gasteiger partial charge in [-0.15, -0.1) is 0 Å². The highest BCUT2D eigenvalue weighted by atomic mass is 15.1. The normalized spacial score (nSPS) is 11.1. The fourth-order valence-corrected chi connectivity index (χ4v) is 9.12. The van der Waals surface area contributed by atoms with E-state index in [9.17, 15) is 0 Å². The fraction of sp³-hybridized carbons (Fsp3) is 0. The molecule has 0 aromatic heterocycles. The zero-order valence-electron chi connectivity index (χ0n) is 35.3. The highest BCUT2D eigenvalue weighted by molar-refractivity contribution is 6.07. The molecule has 0 saturated carbocycles. The van der Waals surface area contributed by atoms with E-state index in [1.165, 1.54) is 66.1 Å². The van der Waals surface area contributed by atoms with Crippen molar-refractivity contribution in [1.82, 2.24) is 0 Å². The Bertz CT molecular complexity index is 3230. The minimum absolute atomic E-state index is 1.09. The number of benzene rings is 11. The van der Waals surface area contributed by atoms with Crippen molar-refractivity contribution in [3.63, 3.8) is 0 Å². The summed E-state index contributed by atoms with van der Waals surface area (Å²) < 4.78 is 0. The van der Waals surface area contributed by atoms with Crippen molar-refractivity contribution in [3.05, 3.63) is 267 Å². The van der Waals surface area contributed by atoms with Crippen LogP contribution in [0, 0.1) is 0 Å². The van der Waals surface area contributed by atoms with Crippen LogP contribution in [-0.2, 0) is 0 Å². The average Bonchev–Trinajstić information content (AvgIpc) is 3.38. The number of hydrogen-bond acceptors (Lipinski definition) is 2. The second kappa shape index (κ2) is 17.1. The summed E-state index contributed by atoms with van der Waals surface area (Å²) in [4.78, 5) is 4.71. The van der Waals surface area contributed by atoms with Crippen molar-refractivity contribution in [1.29, 1.82) is 0 Å². The smallest absolute Gasteiger partial charge is 0.0540 e. The molecular formula is C62H44N2. The third-order valence-corrected chi connectivity index (χ3v) is 12.3. The molecule has 0 aliphatic carbocycles. The molecule has 0 heterocycles. The van der Waals surface area contributed by atoms with Gasteiger partial charge in [-0.3, -0.25) is 0 Å². The van der Waals surface area contributed by atoms with Gasteiger partial charge in [0.25, 0.3) is 0 Å². The SMILES string of the molecule is c1ccc(-c2ccc(N(c3ccc(-c4ccccc4)cc3)c3ccc(-c4cccc5cccc(-c6ccc(N(c7ccccc7)c7cccc8ccccc78)cc6)c45)cc3)cc2)cc1. The molecule has 0 unspecified atom stereocenters. The number of para-hydroxylation sites is 1. The van der Waals surface area contributed by atoms with Crippen LogP contribution in [0.15, 0.2) is 267 Å². The molecule has 302 valence electrons. The maximum absolute atomic E-state index is 2.36. The molecule has 0 spiro atoms. The Hall–Kier alpha value is -8.46. The van der Waals surface area contributed by atoms with Crippen LogP contribution in [0.4, 0.5) is 34.1 Å². The summed E-state index contributed by atoms with van der Waals surface area (Å²) in [5.74, 6) is 0. The first-order valence-electron chi connectivity index (χ1n) is 21.9. The van der Waals surface area contributed by atoms with E-state index in [1.807, 2.05) is 0 Å². The van der Waals surface area contributed by atoms with Crippen LogP contribution < -0.4 is 9.80 Å². The Morgan fingerprint density at radius 2 is 0.547 bits per heavy atom. The lowest BCUT2D eigenvalue weighted by Crippen LogP contribution is -2.10. The topological polar surface area (TPSA) is 6.48 Å². The summed E-state index contributed by atoms with van der Waals surface area (Å²) >= 11 is 0. The molecule has 2 nitrogen and oxygen atoms in total. The minimum Gasteiger partial charge on any atom is -0.311 e. The maximum atomic E-state index is 2.36. The lowest BCUT2D eigenvalue weighted by atomic mass is 9.91. The third kappa shape index (κ3) is 7.48. The Morgan fingerprint density at radius 1 is 0.203 bits per heavy atom. The van der Waals surface area contributed by atoms with Crippen molar-refractivity contribution in [2.24, 2.45) is 0 Å². The van der Waals surface area contributed by atoms with E-state index in [4.69, 9.17) is 0 Å². The summed E-state index contributed by atoms with van der Waals surface area (Å²) in [5, 5.41) is 4.89. The largest absolute Gasteiger partial charge is 0.311 e. The van der Waals surface area contributed by atoms with Crippen LogP contribution in [0.5, 0.6) is 0 Å². The van der Waals surface area contributed by atoms with Crippen molar-refractivity contribution in [2.45, 2.75) is 0 Å². The Labute approximate surface area is 375 Å². The number of fused-ring (bicyclic) bond motifs is 2. The van der Waals surface area contributed by atoms with Crippen LogP contribution in [-0.4, -0.2) is 0 Å². The average molecular weight is 817 g/mol. The molecule has 0 saturated heterocycles. The molecule has 2 heteroatoms. The zero-order chi connectivity index (χ0) is 42.7. The lowest BCUT2D eigenvalue weighted by molar-refractivity contribution is 1.28. The summed E-state index contributed by atoms with van der Waals surface area (Å²) in [7, 11) is 0. The molecule has 64 heavy (non-hydrogen) atoms. The van der Waals surface area contributed by atoms with Crippen molar-refractivity contribution >= 4 is 55.7 Å². The third-order valence-electron chi connectivity index (χ3n) is 12.3. The van der Waals surface area contributed by atoms with Crippen LogP contribution in [0.1, 0.15) is 0 Å². The van der Waals surface area contributed by atoms with Gasteiger partial charge in [-0.05, 0) is 127 Å². The van der Waals surface area contributed by atoms with Crippen molar-refractivity contribution < 1.29 is 0 Å². The van der Waals surface area contributed by atoms with Crippen molar-refractivity contribution in [3.8, 4) is 44.5 Å². The van der Waals surface area contributed by atoms with Gasteiger partial charge in [0.15, 0.2) is 0 Å². The maximum Gasteiger partial charge on any atom is 0.0540 e. The van der Waals surface area contributed by atoms with Crippen LogP contribution in [0.2, 0.25) is 0 Å². The van der Waals surface area contributed by atoms with Gasteiger partial charge >= 0.3 is 0 Å². The molecular weight excluding hydrogens is 773 g/mol. The molecule has 0 radical (unpaired) electrons. The Kier molecular flexibility index (Phi) is 10.3. The van der Waals surface area contributed by atoms with Crippen LogP contribution in [0.25, 0.3) is 66.1 Å². The second-order valence-electron chi connectivity index (χ2n) is 16.1. The number of nitrogens with zero attached hydrogens (tertiary/aromatic N) is 2. The monoisotopic (exact) mass is 816 g/mol. The van der Waals surface area contributed by atoms with Gasteiger partial charge in [0.2, 0.25) is 0 Å². The van der Waals surface area contributed by atoms with Gasteiger partial charge in [-0.2, -0.15) is 0 Å². The Balaban J connectivity index is 0.960. The number of rotatable bonds is 10. The summed E-state index contributed by atoms with van der Waals surface area (Å²) in [5.41, 5.74) is 16.2. The molecule has 11 aromatic carbocycles. The summed E-state index contributed by atoms with van der Waals surface area (Å²) in [6.45, 7) is 0. The first-order valence-corrected chi connectivity index (χ1v) is 21.9. The van der Waals surface area contributed by atoms with Gasteiger partial charge in [-0.25, -0.2) is 0 Å². The quantitative estimate of drug-likeness (QED) is 0.136. The molecule has 0 N–H and O–H groups in total. The van der Waals surface area contributed by atoms with Gasteiger partial charge in [0, 0.05) is 33.8 Å². The van der Waals surface area contributed by atoms with E-state index in [1.54, 1.807) is 0 Å². The van der Waals surface area contributed by atoms with E-state index in [0.29, 0.717) is 0 Å². The zero-order valence-corrected chi connectivity index (χ0v) is 35.3. The van der Waals surface area contributed by atoms with Crippen molar-refractivity contribution in [2.75, 3.05) is 9.80 Å². The lowest BCUT2D eigenvalue weighted by Gasteiger charge is -2.27. The first-order chi connectivity index (χ1) is 31.7. The molecule has 0 bridgehead atoms. The molecule has 0 fully saturated rings. The highest BCUT2D eigenvalue weighted by Crippen LogP contribution is 2.43. The molecule has 11 rings (SSSR count). The molecule has 11 aromatic rings. The molecule has 0 aliphatic heterocycles. The van der Waals surface area contributed by atoms with Gasteiger partial charge in [0.05, 0.1) is 5.69 Å². The highest BCUT2D eigenvalue weighted by Gasteiger charge is 2.18. The van der Waals surface area contributed by atoms with Gasteiger partial charge < -0.3 is 9.80 Å². The number of anilines is 6. The molecule has 0 amide bonds. The van der Waals surface area contributed by atoms with E-state index in [2.05, 4.69) is 277 Å². The van der Waals surface area contributed by atoms with Gasteiger partial charge in [-0.1, -0.05) is 200 Å². The Morgan fingerprint density at radius 3 is 1.05 bits per heavy atom. The van der Waals surface area contributed by atoms with E-state index in [-0.39, 0.29) is 0 Å². The van der Waals surface area contributed by atoms with Crippen LogP contribution >= 0.6 is 0 Å². The van der Waals surface area contributed by atoms with Crippen LogP contribution in [0.3, 0.4) is 0 Å². The molecule has 0 atom stereocenters. The van der Waals surface area contributed by atoms with E-state index >= 15 is 0 Å². The summed E-state index contributed by atoms with van der Waals surface area (Å²) in [6, 6.07) is 96.2. The number of hydrogen-bond donors (Lipinski definition) is 0. The molecule has 0 aliphatic rings. The second-order valence-corrected chi connectivity index (χ2v) is 16.1. The van der Waals surface area contributed by atoms with Gasteiger partial charge in [0.1, 0.15) is 0 Å². The predicted octanol–water partition coefficient (Wildman–Crippen LogP) is 17.6. The van der Waals surface area contributed by atoms with E-state index in [0.717, 1.165) is 34.1 Å². The standard InChI is InChI=1S/C62H44N2/c1-4-15-45(16-5-1)47-29-37-54(38-30-47)63(55-39-31-48(32-40-55)46-17-6-2-7-18-46)56-41-33-50(34-42-56)59-26-12-21-52-22-13-27-60(62(52)59)51-35-43-57(44-36-51)64(53-23-8-3-9-24-53)61-28-14-20-49-19-10-11-25-58(49)61/h1-44H. The predicted molar refractivity (Wildman–Crippen MR) is 273 cm³/mol. The minimum atomic E-state index is 1.09. The fourth-order valence-electron chi connectivity index (χ4n) is 9.12. The first kappa shape index (κ1) is 38.5.